The van der Waals surface area contributed by atoms with E-state index >= 15 is 0 Å². The van der Waals surface area contributed by atoms with Crippen molar-refractivity contribution in [1.29, 1.82) is 0 Å². The second-order valence-electron chi connectivity index (χ2n) is 7.10. The van der Waals surface area contributed by atoms with E-state index in [0.717, 1.165) is 72.1 Å². The van der Waals surface area contributed by atoms with Gasteiger partial charge in [0.25, 0.3) is 0 Å². The Bertz CT molecular complexity index is 1070. The third-order valence-corrected chi connectivity index (χ3v) is 6.61. The summed E-state index contributed by atoms with van der Waals surface area (Å²) in [7, 11) is 1.70. The first-order valence-electron chi connectivity index (χ1n) is 9.54. The first kappa shape index (κ1) is 17.9. The minimum Gasteiger partial charge on any atom is -0.497 e. The summed E-state index contributed by atoms with van der Waals surface area (Å²) in [4.78, 5) is 7.25. The summed E-state index contributed by atoms with van der Waals surface area (Å²) in [5, 5.41) is 6.23. The molecule has 5 rings (SSSR count). The summed E-state index contributed by atoms with van der Waals surface area (Å²) in [6.45, 7) is 3.93. The average Bonchev–Trinajstić information content (AvgIpc) is 3.15. The number of hydrogen-bond donors (Lipinski definition) is 1. The summed E-state index contributed by atoms with van der Waals surface area (Å²) in [5.41, 5.74) is 4.99. The lowest BCUT2D eigenvalue weighted by atomic mass is 9.91. The number of ether oxygens (including phenoxy) is 1. The van der Waals surface area contributed by atoms with Crippen LogP contribution >= 0.6 is 23.1 Å². The van der Waals surface area contributed by atoms with Crippen molar-refractivity contribution in [3.8, 4) is 17.0 Å². The Morgan fingerprint density at radius 2 is 2.07 bits per heavy atom. The number of nitrogens with one attached hydrogen (secondary N) is 1. The molecule has 144 valence electrons. The number of rotatable bonds is 3. The zero-order valence-electron chi connectivity index (χ0n) is 15.7. The average molecular weight is 413 g/mol. The van der Waals surface area contributed by atoms with E-state index in [4.69, 9.17) is 21.3 Å². The first-order chi connectivity index (χ1) is 13.7. The van der Waals surface area contributed by atoms with Gasteiger partial charge in [-0.3, -0.25) is 0 Å². The fourth-order valence-corrected chi connectivity index (χ4v) is 5.08. The summed E-state index contributed by atoms with van der Waals surface area (Å²) in [5.74, 6) is 0.835. The van der Waals surface area contributed by atoms with Crippen molar-refractivity contribution in [2.45, 2.75) is 12.8 Å². The van der Waals surface area contributed by atoms with Crippen LogP contribution in [-0.2, 0) is 6.42 Å². The Kier molecular flexibility index (Phi) is 4.70. The highest BCUT2D eigenvalue weighted by atomic mass is 35.5. The molecule has 28 heavy (non-hydrogen) atoms. The molecule has 1 aliphatic heterocycles. The zero-order chi connectivity index (χ0) is 19.1. The first-order valence-corrected chi connectivity index (χ1v) is 10.7. The number of anilines is 1. The number of aryl methyl sites for hydroxylation is 1. The molecule has 1 saturated heterocycles. The molecule has 7 heteroatoms. The molecule has 0 radical (unpaired) electrons. The highest BCUT2D eigenvalue weighted by Gasteiger charge is 2.21. The van der Waals surface area contributed by atoms with Crippen LogP contribution in [0, 0.1) is 0 Å². The molecular formula is C21H21ClN4OS. The van der Waals surface area contributed by atoms with Crippen molar-refractivity contribution in [2.75, 3.05) is 38.2 Å². The fourth-order valence-electron chi connectivity index (χ4n) is 3.97. The van der Waals surface area contributed by atoms with Gasteiger partial charge in [0.15, 0.2) is 5.65 Å². The molecule has 2 aliphatic rings. The van der Waals surface area contributed by atoms with Crippen LogP contribution in [0.25, 0.3) is 28.4 Å². The number of fused-ring (bicyclic) bond motifs is 2. The predicted octanol–water partition coefficient (Wildman–Crippen LogP) is 4.39. The van der Waals surface area contributed by atoms with E-state index in [1.54, 1.807) is 7.11 Å². The second-order valence-corrected chi connectivity index (χ2v) is 8.26. The molecule has 5 nitrogen and oxygen atoms in total. The third-order valence-electron chi connectivity index (χ3n) is 5.40. The van der Waals surface area contributed by atoms with Gasteiger partial charge in [0.05, 0.1) is 23.2 Å². The molecule has 0 spiro atoms. The largest absolute Gasteiger partial charge is 0.497 e. The molecule has 1 N–H and O–H groups in total. The molecule has 1 aliphatic carbocycles. The molecule has 0 saturated carbocycles. The number of methoxy groups -OCH3 is 1. The number of aromatic nitrogens is 2. The van der Waals surface area contributed by atoms with E-state index < -0.39 is 0 Å². The third kappa shape index (κ3) is 3.05. The van der Waals surface area contributed by atoms with Crippen molar-refractivity contribution >= 4 is 45.2 Å². The maximum absolute atomic E-state index is 6.76. The summed E-state index contributed by atoms with van der Waals surface area (Å²) < 4.78 is 10.2. The highest BCUT2D eigenvalue weighted by molar-refractivity contribution is 7.11. The Morgan fingerprint density at radius 1 is 1.21 bits per heavy atom. The van der Waals surface area contributed by atoms with Crippen molar-refractivity contribution in [2.24, 2.45) is 0 Å². The maximum Gasteiger partial charge on any atom is 0.175 e. The molecule has 3 heterocycles. The van der Waals surface area contributed by atoms with Crippen molar-refractivity contribution in [3.05, 3.63) is 40.4 Å². The van der Waals surface area contributed by atoms with Crippen LogP contribution in [-0.4, -0.2) is 42.6 Å². The van der Waals surface area contributed by atoms with Gasteiger partial charge in [0.2, 0.25) is 0 Å². The lowest BCUT2D eigenvalue weighted by Crippen LogP contribution is -2.43. The maximum atomic E-state index is 6.76. The SMILES string of the molecule is COc1cc2c(c(-c3nc4nsc(N5CCNCC5)c4cc3Cl)c1)C=CCC2. The lowest BCUT2D eigenvalue weighted by molar-refractivity contribution is 0.414. The summed E-state index contributed by atoms with van der Waals surface area (Å²) >= 11 is 8.27. The molecule has 1 fully saturated rings. The van der Waals surface area contributed by atoms with Gasteiger partial charge in [-0.1, -0.05) is 23.8 Å². The minimum atomic E-state index is 0.651. The second kappa shape index (κ2) is 7.35. The van der Waals surface area contributed by atoms with Crippen molar-refractivity contribution < 1.29 is 4.74 Å². The van der Waals surface area contributed by atoms with Crippen LogP contribution in [0.5, 0.6) is 5.75 Å². The number of pyridine rings is 1. The van der Waals surface area contributed by atoms with Crippen LogP contribution < -0.4 is 15.0 Å². The molecule has 2 aromatic heterocycles. The number of halogens is 1. The number of allylic oxidation sites excluding steroid dienone is 1. The Balaban J connectivity index is 1.65. The van der Waals surface area contributed by atoms with Gasteiger partial charge in [0, 0.05) is 31.7 Å². The van der Waals surface area contributed by atoms with E-state index in [9.17, 15) is 0 Å². The standard InChI is InChI=1S/C21H21ClN4OS/c1-27-14-10-13-4-2-3-5-15(13)16(11-14)19-18(22)12-17-20(24-19)25-28-21(17)26-8-6-23-7-9-26/h3,5,10-12,23H,2,4,6-9H2,1H3. The monoisotopic (exact) mass is 412 g/mol. The van der Waals surface area contributed by atoms with Crippen molar-refractivity contribution in [1.82, 2.24) is 14.7 Å². The molecule has 0 atom stereocenters. The van der Waals surface area contributed by atoms with Crippen LogP contribution in [0.1, 0.15) is 17.5 Å². The smallest absolute Gasteiger partial charge is 0.175 e. The van der Waals surface area contributed by atoms with Gasteiger partial charge in [-0.15, -0.1) is 0 Å². The normalized spacial score (nSPS) is 16.4. The van der Waals surface area contributed by atoms with E-state index in [0.29, 0.717) is 5.02 Å². The van der Waals surface area contributed by atoms with Gasteiger partial charge in [-0.05, 0) is 53.7 Å². The van der Waals surface area contributed by atoms with Gasteiger partial charge in [0.1, 0.15) is 10.8 Å². The predicted molar refractivity (Wildman–Crippen MR) is 117 cm³/mol. The summed E-state index contributed by atoms with van der Waals surface area (Å²) in [6.07, 6.45) is 6.42. The highest BCUT2D eigenvalue weighted by Crippen LogP contribution is 2.40. The zero-order valence-corrected chi connectivity index (χ0v) is 17.2. The van der Waals surface area contributed by atoms with Gasteiger partial charge >= 0.3 is 0 Å². The Morgan fingerprint density at radius 3 is 2.89 bits per heavy atom. The van der Waals surface area contributed by atoms with E-state index in [2.05, 4.69) is 32.8 Å². The van der Waals surface area contributed by atoms with Gasteiger partial charge in [-0.2, -0.15) is 4.37 Å². The van der Waals surface area contributed by atoms with Crippen LogP contribution in [0.15, 0.2) is 24.3 Å². The number of benzene rings is 1. The van der Waals surface area contributed by atoms with Crippen LogP contribution in [0.4, 0.5) is 5.00 Å². The number of piperazine rings is 1. The molecule has 3 aromatic rings. The number of hydrogen-bond acceptors (Lipinski definition) is 6. The Hall–Kier alpha value is -2.15. The van der Waals surface area contributed by atoms with E-state index in [-0.39, 0.29) is 0 Å². The number of nitrogens with zero attached hydrogens (tertiary/aromatic N) is 3. The quantitative estimate of drug-likeness (QED) is 0.691. The van der Waals surface area contributed by atoms with Crippen LogP contribution in [0.2, 0.25) is 5.02 Å². The molecule has 0 unspecified atom stereocenters. The van der Waals surface area contributed by atoms with Crippen LogP contribution in [0.3, 0.4) is 0 Å². The van der Waals surface area contributed by atoms with E-state index in [1.807, 2.05) is 12.1 Å². The molecule has 0 bridgehead atoms. The topological polar surface area (TPSA) is 50.3 Å². The minimum absolute atomic E-state index is 0.651. The lowest BCUT2D eigenvalue weighted by Gasteiger charge is -2.27. The van der Waals surface area contributed by atoms with Crippen molar-refractivity contribution in [3.63, 3.8) is 0 Å². The molecule has 1 aromatic carbocycles. The van der Waals surface area contributed by atoms with Gasteiger partial charge < -0.3 is 15.0 Å². The van der Waals surface area contributed by atoms with E-state index in [1.165, 1.54) is 22.7 Å². The summed E-state index contributed by atoms with van der Waals surface area (Å²) in [6, 6.07) is 6.16. The van der Waals surface area contributed by atoms with Gasteiger partial charge in [-0.25, -0.2) is 4.98 Å². The molecule has 0 amide bonds. The fraction of sp³-hybridized carbons (Fsp3) is 0.333. The molecular weight excluding hydrogens is 392 g/mol. The Labute approximate surface area is 173 Å².